The lowest BCUT2D eigenvalue weighted by atomic mass is 9.71. The molecule has 1 aliphatic rings. The predicted molar refractivity (Wildman–Crippen MR) is 83.0 cm³/mol. The van der Waals surface area contributed by atoms with Crippen LogP contribution in [-0.4, -0.2) is 17.3 Å². The first-order valence-corrected chi connectivity index (χ1v) is 7.96. The molecule has 4 heteroatoms. The van der Waals surface area contributed by atoms with Gasteiger partial charge in [-0.1, -0.05) is 29.8 Å². The van der Waals surface area contributed by atoms with E-state index in [4.69, 9.17) is 0 Å². The summed E-state index contributed by atoms with van der Waals surface area (Å²) in [5, 5.41) is 13.7. The van der Waals surface area contributed by atoms with Crippen molar-refractivity contribution in [2.75, 3.05) is 6.54 Å². The number of hydrogen-bond donors (Lipinski definition) is 2. The monoisotopic (exact) mass is 343 g/mol. The molecule has 1 aliphatic carbocycles. The normalized spacial score (nSPS) is 20.9. The highest BCUT2D eigenvalue weighted by atomic mass is 79.9. The number of nitrogens with one attached hydrogen (secondary N) is 1. The van der Waals surface area contributed by atoms with Crippen molar-refractivity contribution in [1.82, 2.24) is 5.32 Å². The van der Waals surface area contributed by atoms with E-state index in [9.17, 15) is 9.50 Å². The Morgan fingerprint density at radius 1 is 1.25 bits per heavy atom. The maximum absolute atomic E-state index is 13.6. The number of aliphatic hydroxyl groups is 1. The van der Waals surface area contributed by atoms with E-state index in [-0.39, 0.29) is 5.82 Å². The first-order chi connectivity index (χ1) is 9.30. The van der Waals surface area contributed by atoms with E-state index in [1.165, 1.54) is 6.07 Å². The molecule has 2 nitrogen and oxygen atoms in total. The molecule has 1 fully saturated rings. The van der Waals surface area contributed by atoms with Crippen LogP contribution in [0.2, 0.25) is 0 Å². The van der Waals surface area contributed by atoms with Crippen LogP contribution in [-0.2, 0) is 6.54 Å². The van der Waals surface area contributed by atoms with Gasteiger partial charge in [0, 0.05) is 23.1 Å². The van der Waals surface area contributed by atoms with Gasteiger partial charge in [-0.25, -0.2) is 4.39 Å². The van der Waals surface area contributed by atoms with Crippen molar-refractivity contribution in [2.24, 2.45) is 5.41 Å². The van der Waals surface area contributed by atoms with Gasteiger partial charge in [0.05, 0.1) is 5.60 Å². The fourth-order valence-electron chi connectivity index (χ4n) is 2.68. The molecule has 112 valence electrons. The van der Waals surface area contributed by atoms with Crippen LogP contribution in [0.25, 0.3) is 0 Å². The molecule has 1 saturated carbocycles. The fourth-order valence-corrected chi connectivity index (χ4v) is 3.09. The second-order valence-corrected chi connectivity index (χ2v) is 7.64. The Hall–Kier alpha value is -0.450. The molecule has 0 heterocycles. The van der Waals surface area contributed by atoms with Gasteiger partial charge in [-0.2, -0.15) is 0 Å². The highest BCUT2D eigenvalue weighted by molar-refractivity contribution is 9.10. The van der Waals surface area contributed by atoms with Crippen molar-refractivity contribution < 1.29 is 9.50 Å². The molecule has 1 aromatic rings. The topological polar surface area (TPSA) is 32.3 Å². The SMILES string of the molecule is CC1(C)CCC(O)(CNCc2cc(Br)ccc2F)CC1. The van der Waals surface area contributed by atoms with E-state index in [2.05, 4.69) is 35.1 Å². The van der Waals surface area contributed by atoms with E-state index in [0.717, 1.165) is 30.2 Å². The Kier molecular flexibility index (Phi) is 4.88. The molecular formula is C16H23BrFNO. The minimum absolute atomic E-state index is 0.211. The van der Waals surface area contributed by atoms with Gasteiger partial charge in [0.2, 0.25) is 0 Å². The summed E-state index contributed by atoms with van der Waals surface area (Å²) in [6.45, 7) is 5.46. The van der Waals surface area contributed by atoms with Crippen molar-refractivity contribution >= 4 is 15.9 Å². The van der Waals surface area contributed by atoms with E-state index in [1.807, 2.05) is 0 Å². The van der Waals surface area contributed by atoms with Crippen molar-refractivity contribution in [3.8, 4) is 0 Å². The van der Waals surface area contributed by atoms with Crippen LogP contribution in [0.15, 0.2) is 22.7 Å². The van der Waals surface area contributed by atoms with Crippen molar-refractivity contribution in [2.45, 2.75) is 51.7 Å². The van der Waals surface area contributed by atoms with E-state index in [0.29, 0.717) is 24.1 Å². The minimum atomic E-state index is -0.641. The molecule has 1 aromatic carbocycles. The molecule has 0 amide bonds. The van der Waals surface area contributed by atoms with Crippen molar-refractivity contribution in [3.05, 3.63) is 34.1 Å². The fraction of sp³-hybridized carbons (Fsp3) is 0.625. The Balaban J connectivity index is 1.85. The molecule has 0 aromatic heterocycles. The summed E-state index contributed by atoms with van der Waals surface area (Å²) >= 11 is 3.34. The highest BCUT2D eigenvalue weighted by Crippen LogP contribution is 2.39. The quantitative estimate of drug-likeness (QED) is 0.865. The third-order valence-electron chi connectivity index (χ3n) is 4.31. The average molecular weight is 344 g/mol. The Labute approximate surface area is 128 Å². The molecule has 0 aliphatic heterocycles. The van der Waals surface area contributed by atoms with Gasteiger partial charge in [-0.3, -0.25) is 0 Å². The predicted octanol–water partition coefficient (Wildman–Crippen LogP) is 4.01. The summed E-state index contributed by atoms with van der Waals surface area (Å²) in [6, 6.07) is 4.92. The van der Waals surface area contributed by atoms with E-state index < -0.39 is 5.60 Å². The van der Waals surface area contributed by atoms with Gasteiger partial charge in [0.25, 0.3) is 0 Å². The molecular weight excluding hydrogens is 321 g/mol. The molecule has 2 N–H and O–H groups in total. The molecule has 0 spiro atoms. The zero-order valence-corrected chi connectivity index (χ0v) is 13.8. The summed E-state index contributed by atoms with van der Waals surface area (Å²) in [5.41, 5.74) is 0.319. The van der Waals surface area contributed by atoms with Gasteiger partial charge < -0.3 is 10.4 Å². The summed E-state index contributed by atoms with van der Waals surface area (Å²) in [7, 11) is 0. The Bertz CT molecular complexity index is 466. The van der Waals surface area contributed by atoms with Crippen molar-refractivity contribution in [1.29, 1.82) is 0 Å². The van der Waals surface area contributed by atoms with Crippen LogP contribution < -0.4 is 5.32 Å². The molecule has 0 atom stereocenters. The highest BCUT2D eigenvalue weighted by Gasteiger charge is 2.36. The maximum atomic E-state index is 13.6. The summed E-state index contributed by atoms with van der Waals surface area (Å²) < 4.78 is 14.5. The van der Waals surface area contributed by atoms with Gasteiger partial charge in [0.15, 0.2) is 0 Å². The van der Waals surface area contributed by atoms with Crippen LogP contribution in [0, 0.1) is 11.2 Å². The number of halogens is 2. The van der Waals surface area contributed by atoms with Gasteiger partial charge in [-0.15, -0.1) is 0 Å². The van der Waals surface area contributed by atoms with Crippen LogP contribution in [0.3, 0.4) is 0 Å². The second-order valence-electron chi connectivity index (χ2n) is 6.73. The van der Waals surface area contributed by atoms with Gasteiger partial charge >= 0.3 is 0 Å². The molecule has 0 unspecified atom stereocenters. The molecule has 20 heavy (non-hydrogen) atoms. The summed E-state index contributed by atoms with van der Waals surface area (Å²) in [6.07, 6.45) is 3.70. The minimum Gasteiger partial charge on any atom is -0.389 e. The van der Waals surface area contributed by atoms with Crippen LogP contribution in [0.1, 0.15) is 45.1 Å². The van der Waals surface area contributed by atoms with Crippen LogP contribution >= 0.6 is 15.9 Å². The summed E-state index contributed by atoms with van der Waals surface area (Å²) in [4.78, 5) is 0. The van der Waals surface area contributed by atoms with E-state index in [1.54, 1.807) is 12.1 Å². The largest absolute Gasteiger partial charge is 0.389 e. The Morgan fingerprint density at radius 2 is 1.90 bits per heavy atom. The number of benzene rings is 1. The molecule has 0 radical (unpaired) electrons. The lowest BCUT2D eigenvalue weighted by Crippen LogP contribution is -2.44. The first kappa shape index (κ1) is 15.9. The zero-order chi connectivity index (χ0) is 14.8. The second kappa shape index (κ2) is 6.12. The zero-order valence-electron chi connectivity index (χ0n) is 12.2. The number of rotatable bonds is 4. The van der Waals surface area contributed by atoms with Crippen LogP contribution in [0.4, 0.5) is 4.39 Å². The third-order valence-corrected chi connectivity index (χ3v) is 4.80. The molecule has 2 rings (SSSR count). The van der Waals surface area contributed by atoms with Crippen LogP contribution in [0.5, 0.6) is 0 Å². The van der Waals surface area contributed by atoms with Crippen molar-refractivity contribution in [3.63, 3.8) is 0 Å². The standard InChI is InChI=1S/C16H23BrFNO/c1-15(2)5-7-16(20,8-6-15)11-19-10-12-9-13(17)3-4-14(12)18/h3-4,9,19-20H,5-8,10-11H2,1-2H3. The Morgan fingerprint density at radius 3 is 2.55 bits per heavy atom. The smallest absolute Gasteiger partial charge is 0.127 e. The lowest BCUT2D eigenvalue weighted by molar-refractivity contribution is -0.0245. The lowest BCUT2D eigenvalue weighted by Gasteiger charge is -2.40. The third kappa shape index (κ3) is 4.27. The molecule has 0 saturated heterocycles. The summed E-state index contributed by atoms with van der Waals surface area (Å²) in [5.74, 6) is -0.211. The number of hydrogen-bond acceptors (Lipinski definition) is 2. The maximum Gasteiger partial charge on any atom is 0.127 e. The average Bonchev–Trinajstić information content (AvgIpc) is 2.38. The molecule has 0 bridgehead atoms. The van der Waals surface area contributed by atoms with Gasteiger partial charge in [-0.05, 0) is 49.3 Å². The van der Waals surface area contributed by atoms with Gasteiger partial charge in [0.1, 0.15) is 5.82 Å². The van der Waals surface area contributed by atoms with E-state index >= 15 is 0 Å². The first-order valence-electron chi connectivity index (χ1n) is 7.17.